The van der Waals surface area contributed by atoms with Crippen molar-refractivity contribution in [3.05, 3.63) is 29.8 Å². The number of piperidine rings is 1. The maximum atomic E-state index is 5.49. The van der Waals surface area contributed by atoms with E-state index in [1.165, 1.54) is 23.8 Å². The minimum absolute atomic E-state index is 0.565. The molecule has 0 unspecified atom stereocenters. The average molecular weight is 299 g/mol. The summed E-state index contributed by atoms with van der Waals surface area (Å²) >= 11 is 0. The Balaban J connectivity index is 1.97. The molecule has 0 spiro atoms. The van der Waals surface area contributed by atoms with Gasteiger partial charge >= 0.3 is 0 Å². The third-order valence-corrected chi connectivity index (χ3v) is 4.81. The fraction of sp³-hybridized carbons (Fsp3) is 0.500. The van der Waals surface area contributed by atoms with Crippen LogP contribution in [0.1, 0.15) is 18.4 Å². The van der Waals surface area contributed by atoms with E-state index in [2.05, 4.69) is 43.0 Å². The summed E-state index contributed by atoms with van der Waals surface area (Å²) in [5, 5.41) is 1.17. The lowest BCUT2D eigenvalue weighted by atomic mass is 10.0. The Morgan fingerprint density at radius 2 is 2.00 bits per heavy atom. The molecule has 4 heteroatoms. The summed E-state index contributed by atoms with van der Waals surface area (Å²) in [4.78, 5) is 9.62. The van der Waals surface area contributed by atoms with Crippen LogP contribution in [0.4, 0.5) is 5.82 Å². The summed E-state index contributed by atoms with van der Waals surface area (Å²) in [6, 6.07) is 8.87. The van der Waals surface area contributed by atoms with Gasteiger partial charge in [0.05, 0.1) is 7.11 Å². The van der Waals surface area contributed by atoms with E-state index >= 15 is 0 Å². The number of nitrogens with zero attached hydrogens (tertiary/aromatic N) is 3. The zero-order valence-corrected chi connectivity index (χ0v) is 14.0. The van der Waals surface area contributed by atoms with Crippen LogP contribution < -0.4 is 9.64 Å². The molecule has 3 rings (SSSR count). The number of para-hydroxylation sites is 1. The summed E-state index contributed by atoms with van der Waals surface area (Å²) < 4.78 is 5.49. The van der Waals surface area contributed by atoms with Crippen LogP contribution in [-0.4, -0.2) is 50.2 Å². The Morgan fingerprint density at radius 3 is 2.68 bits per heavy atom. The molecule has 22 heavy (non-hydrogen) atoms. The summed E-state index contributed by atoms with van der Waals surface area (Å²) in [7, 11) is 6.07. The lowest BCUT2D eigenvalue weighted by Crippen LogP contribution is -2.42. The molecule has 2 aromatic rings. The molecule has 0 atom stereocenters. The first-order chi connectivity index (χ1) is 10.6. The first-order valence-corrected chi connectivity index (χ1v) is 7.96. The molecule has 1 aliphatic heterocycles. The molecule has 0 aliphatic carbocycles. The second-order valence-electron chi connectivity index (χ2n) is 6.30. The zero-order chi connectivity index (χ0) is 15.7. The Bertz CT molecular complexity index is 663. The van der Waals surface area contributed by atoms with Gasteiger partial charge in [0.25, 0.3) is 0 Å². The van der Waals surface area contributed by atoms with Gasteiger partial charge in [0.1, 0.15) is 17.1 Å². The number of hydrogen-bond donors (Lipinski definition) is 0. The number of ether oxygens (including phenoxy) is 1. The number of pyridine rings is 1. The number of fused-ring (bicyclic) bond motifs is 1. The number of hydrogen-bond acceptors (Lipinski definition) is 4. The second kappa shape index (κ2) is 6.13. The van der Waals surface area contributed by atoms with E-state index in [0.717, 1.165) is 30.2 Å². The summed E-state index contributed by atoms with van der Waals surface area (Å²) in [5.41, 5.74) is 2.21. The molecular formula is C18H25N3O. The van der Waals surface area contributed by atoms with E-state index in [-0.39, 0.29) is 0 Å². The maximum Gasteiger partial charge on any atom is 0.145 e. The van der Waals surface area contributed by atoms with E-state index < -0.39 is 0 Å². The van der Waals surface area contributed by atoms with E-state index in [9.17, 15) is 0 Å². The van der Waals surface area contributed by atoms with Gasteiger partial charge in [0, 0.05) is 18.5 Å². The van der Waals surface area contributed by atoms with Crippen LogP contribution in [0.25, 0.3) is 10.9 Å². The van der Waals surface area contributed by atoms with Crippen LogP contribution in [0.15, 0.2) is 24.3 Å². The van der Waals surface area contributed by atoms with Crippen molar-refractivity contribution < 1.29 is 4.74 Å². The fourth-order valence-electron chi connectivity index (χ4n) is 3.29. The van der Waals surface area contributed by atoms with E-state index in [1.54, 1.807) is 7.11 Å². The van der Waals surface area contributed by atoms with Crippen molar-refractivity contribution in [2.75, 3.05) is 39.2 Å². The summed E-state index contributed by atoms with van der Waals surface area (Å²) in [6.45, 7) is 4.46. The molecule has 0 amide bonds. The lowest BCUT2D eigenvalue weighted by molar-refractivity contribution is 0.252. The van der Waals surface area contributed by atoms with Gasteiger partial charge < -0.3 is 14.5 Å². The van der Waals surface area contributed by atoms with E-state index in [0.29, 0.717) is 6.04 Å². The summed E-state index contributed by atoms with van der Waals surface area (Å²) in [6.07, 6.45) is 2.38. The van der Waals surface area contributed by atoms with Crippen LogP contribution >= 0.6 is 0 Å². The smallest absolute Gasteiger partial charge is 0.145 e. The Hall–Kier alpha value is -1.81. The number of aryl methyl sites for hydroxylation is 1. The minimum Gasteiger partial charge on any atom is -0.494 e. The normalized spacial score (nSPS) is 16.9. The maximum absolute atomic E-state index is 5.49. The topological polar surface area (TPSA) is 28.6 Å². The first kappa shape index (κ1) is 15.1. The van der Waals surface area contributed by atoms with Gasteiger partial charge in [-0.25, -0.2) is 4.98 Å². The van der Waals surface area contributed by atoms with E-state index in [1.807, 2.05) is 12.1 Å². The third kappa shape index (κ3) is 2.75. The molecule has 0 bridgehead atoms. The second-order valence-corrected chi connectivity index (χ2v) is 6.30. The minimum atomic E-state index is 0.565. The van der Waals surface area contributed by atoms with Crippen molar-refractivity contribution >= 4 is 16.7 Å². The number of aromatic nitrogens is 1. The van der Waals surface area contributed by atoms with Gasteiger partial charge in [0.2, 0.25) is 0 Å². The molecule has 0 saturated carbocycles. The van der Waals surface area contributed by atoms with Gasteiger partial charge in [-0.1, -0.05) is 12.1 Å². The van der Waals surface area contributed by atoms with Crippen LogP contribution in [0.5, 0.6) is 5.75 Å². The zero-order valence-electron chi connectivity index (χ0n) is 14.0. The highest BCUT2D eigenvalue weighted by Crippen LogP contribution is 2.30. The number of methoxy groups -OCH3 is 1. The molecule has 1 saturated heterocycles. The molecule has 1 aromatic heterocycles. The number of anilines is 1. The van der Waals surface area contributed by atoms with Crippen LogP contribution in [0.2, 0.25) is 0 Å². The molecular weight excluding hydrogens is 274 g/mol. The van der Waals surface area contributed by atoms with Crippen LogP contribution in [-0.2, 0) is 0 Å². The largest absolute Gasteiger partial charge is 0.494 e. The number of rotatable bonds is 3. The Labute approximate surface area is 132 Å². The summed E-state index contributed by atoms with van der Waals surface area (Å²) in [5.74, 6) is 1.89. The fourth-order valence-corrected chi connectivity index (χ4v) is 3.29. The monoisotopic (exact) mass is 299 g/mol. The molecule has 0 N–H and O–H groups in total. The van der Waals surface area contributed by atoms with Crippen LogP contribution in [0, 0.1) is 6.92 Å². The lowest BCUT2D eigenvalue weighted by Gasteiger charge is -2.36. The Morgan fingerprint density at radius 1 is 1.27 bits per heavy atom. The van der Waals surface area contributed by atoms with Crippen molar-refractivity contribution in [3.63, 3.8) is 0 Å². The highest BCUT2D eigenvalue weighted by Gasteiger charge is 2.22. The SMILES string of the molecule is COc1cccc2c(C)cc(N(C)C3CCN(C)CC3)nc12. The van der Waals surface area contributed by atoms with E-state index in [4.69, 9.17) is 9.72 Å². The van der Waals surface area contributed by atoms with Crippen LogP contribution in [0.3, 0.4) is 0 Å². The average Bonchev–Trinajstić information content (AvgIpc) is 2.54. The molecule has 1 fully saturated rings. The van der Waals surface area contributed by atoms with Crippen molar-refractivity contribution in [1.82, 2.24) is 9.88 Å². The number of likely N-dealkylation sites (tertiary alicyclic amines) is 1. The van der Waals surface area contributed by atoms with Gasteiger partial charge in [-0.15, -0.1) is 0 Å². The molecule has 4 nitrogen and oxygen atoms in total. The molecule has 1 aliphatic rings. The van der Waals surface area contributed by atoms with Gasteiger partial charge in [0.15, 0.2) is 0 Å². The highest BCUT2D eigenvalue weighted by molar-refractivity contribution is 5.88. The molecule has 118 valence electrons. The van der Waals surface area contributed by atoms with Gasteiger partial charge in [-0.3, -0.25) is 0 Å². The van der Waals surface area contributed by atoms with Crippen molar-refractivity contribution in [3.8, 4) is 5.75 Å². The first-order valence-electron chi connectivity index (χ1n) is 7.96. The molecule has 1 aromatic carbocycles. The molecule has 2 heterocycles. The van der Waals surface area contributed by atoms with Crippen molar-refractivity contribution in [1.29, 1.82) is 0 Å². The predicted molar refractivity (Wildman–Crippen MR) is 92.0 cm³/mol. The highest BCUT2D eigenvalue weighted by atomic mass is 16.5. The van der Waals surface area contributed by atoms with Gasteiger partial charge in [-0.2, -0.15) is 0 Å². The standard InChI is InChI=1S/C18H25N3O/c1-13-12-17(21(3)14-8-10-20(2)11-9-14)19-18-15(13)6-5-7-16(18)22-4/h5-7,12,14H,8-11H2,1-4H3. The number of benzene rings is 1. The van der Waals surface area contributed by atoms with Gasteiger partial charge in [-0.05, 0) is 57.6 Å². The van der Waals surface area contributed by atoms with Crippen molar-refractivity contribution in [2.45, 2.75) is 25.8 Å². The quantitative estimate of drug-likeness (QED) is 0.871. The van der Waals surface area contributed by atoms with Crippen molar-refractivity contribution in [2.24, 2.45) is 0 Å². The third-order valence-electron chi connectivity index (χ3n) is 4.81. The Kier molecular flexibility index (Phi) is 4.21. The molecule has 0 radical (unpaired) electrons. The predicted octanol–water partition coefficient (Wildman–Crippen LogP) is 3.08.